The largest absolute Gasteiger partial charge is 0.381 e. The highest BCUT2D eigenvalue weighted by Crippen LogP contribution is 2.29. The SMILES string of the molecule is COC1CCC(C)CC1C. The Morgan fingerprint density at radius 3 is 2.40 bits per heavy atom. The second kappa shape index (κ2) is 3.38. The summed E-state index contributed by atoms with van der Waals surface area (Å²) in [7, 11) is 1.83. The van der Waals surface area contributed by atoms with Crippen molar-refractivity contribution in [3.8, 4) is 0 Å². The van der Waals surface area contributed by atoms with Crippen LogP contribution in [-0.4, -0.2) is 13.2 Å². The van der Waals surface area contributed by atoms with Crippen LogP contribution < -0.4 is 0 Å². The smallest absolute Gasteiger partial charge is 0.0597 e. The topological polar surface area (TPSA) is 9.23 Å². The molecule has 0 radical (unpaired) electrons. The quantitative estimate of drug-likeness (QED) is 0.546. The van der Waals surface area contributed by atoms with Crippen LogP contribution in [0.3, 0.4) is 0 Å². The predicted octanol–water partition coefficient (Wildman–Crippen LogP) is 2.46. The predicted molar refractivity (Wildman–Crippen MR) is 43.0 cm³/mol. The van der Waals surface area contributed by atoms with Crippen LogP contribution in [0.25, 0.3) is 0 Å². The minimum atomic E-state index is 0.538. The molecule has 1 nitrogen and oxygen atoms in total. The first-order chi connectivity index (χ1) is 4.74. The lowest BCUT2D eigenvalue weighted by atomic mass is 9.81. The molecule has 1 aliphatic carbocycles. The lowest BCUT2D eigenvalue weighted by Gasteiger charge is -2.31. The molecule has 0 spiro atoms. The average molecular weight is 142 g/mol. The van der Waals surface area contributed by atoms with Gasteiger partial charge in [0.25, 0.3) is 0 Å². The molecule has 0 amide bonds. The third kappa shape index (κ3) is 1.72. The number of ether oxygens (including phenoxy) is 1. The normalized spacial score (nSPS) is 41.7. The molecule has 0 saturated heterocycles. The highest BCUT2D eigenvalue weighted by Gasteiger charge is 2.24. The minimum Gasteiger partial charge on any atom is -0.381 e. The Hall–Kier alpha value is -0.0400. The molecule has 0 aliphatic heterocycles. The van der Waals surface area contributed by atoms with Crippen LogP contribution in [0.2, 0.25) is 0 Å². The van der Waals surface area contributed by atoms with E-state index in [-0.39, 0.29) is 0 Å². The van der Waals surface area contributed by atoms with Gasteiger partial charge in [-0.2, -0.15) is 0 Å². The molecule has 0 aromatic rings. The van der Waals surface area contributed by atoms with Crippen molar-refractivity contribution in [2.45, 2.75) is 39.2 Å². The van der Waals surface area contributed by atoms with Gasteiger partial charge in [0.2, 0.25) is 0 Å². The zero-order chi connectivity index (χ0) is 7.56. The van der Waals surface area contributed by atoms with Crippen LogP contribution in [0.15, 0.2) is 0 Å². The molecule has 0 aromatic heterocycles. The summed E-state index contributed by atoms with van der Waals surface area (Å²) in [6.45, 7) is 4.63. The van der Waals surface area contributed by atoms with E-state index in [1.54, 1.807) is 0 Å². The van der Waals surface area contributed by atoms with E-state index >= 15 is 0 Å². The van der Waals surface area contributed by atoms with Crippen molar-refractivity contribution < 1.29 is 4.74 Å². The molecule has 10 heavy (non-hydrogen) atoms. The van der Waals surface area contributed by atoms with Crippen molar-refractivity contribution in [1.29, 1.82) is 0 Å². The van der Waals surface area contributed by atoms with Crippen molar-refractivity contribution in [3.05, 3.63) is 0 Å². The lowest BCUT2D eigenvalue weighted by Crippen LogP contribution is -2.27. The first-order valence-corrected chi connectivity index (χ1v) is 4.26. The van der Waals surface area contributed by atoms with Gasteiger partial charge in [-0.05, 0) is 31.1 Å². The number of hydrogen-bond donors (Lipinski definition) is 0. The van der Waals surface area contributed by atoms with Crippen LogP contribution in [0, 0.1) is 11.8 Å². The first-order valence-electron chi connectivity index (χ1n) is 4.26. The number of methoxy groups -OCH3 is 1. The average Bonchev–Trinajstić information content (AvgIpc) is 1.88. The molecule has 3 atom stereocenters. The van der Waals surface area contributed by atoms with Crippen LogP contribution in [0.5, 0.6) is 0 Å². The van der Waals surface area contributed by atoms with Gasteiger partial charge >= 0.3 is 0 Å². The summed E-state index contributed by atoms with van der Waals surface area (Å²) >= 11 is 0. The Morgan fingerprint density at radius 1 is 1.20 bits per heavy atom. The van der Waals surface area contributed by atoms with Crippen LogP contribution in [0.1, 0.15) is 33.1 Å². The Morgan fingerprint density at radius 2 is 1.90 bits per heavy atom. The summed E-state index contributed by atoms with van der Waals surface area (Å²) in [5, 5.41) is 0. The maximum Gasteiger partial charge on any atom is 0.0597 e. The third-order valence-electron chi connectivity index (χ3n) is 2.66. The second-order valence-electron chi connectivity index (χ2n) is 3.67. The van der Waals surface area contributed by atoms with Crippen LogP contribution in [-0.2, 0) is 4.74 Å². The fourth-order valence-electron chi connectivity index (χ4n) is 1.99. The molecule has 1 heteroatoms. The number of hydrogen-bond acceptors (Lipinski definition) is 1. The fraction of sp³-hybridized carbons (Fsp3) is 1.00. The van der Waals surface area contributed by atoms with Crippen molar-refractivity contribution in [3.63, 3.8) is 0 Å². The summed E-state index contributed by atoms with van der Waals surface area (Å²) < 4.78 is 5.35. The first kappa shape index (κ1) is 8.06. The van der Waals surface area contributed by atoms with E-state index in [0.717, 1.165) is 11.8 Å². The molecule has 0 bridgehead atoms. The van der Waals surface area contributed by atoms with Gasteiger partial charge in [0.15, 0.2) is 0 Å². The van der Waals surface area contributed by atoms with Crippen molar-refractivity contribution in [2.75, 3.05) is 7.11 Å². The van der Waals surface area contributed by atoms with Gasteiger partial charge in [-0.25, -0.2) is 0 Å². The Balaban J connectivity index is 2.36. The highest BCUT2D eigenvalue weighted by atomic mass is 16.5. The summed E-state index contributed by atoms with van der Waals surface area (Å²) in [6.07, 6.45) is 4.50. The maximum atomic E-state index is 5.35. The van der Waals surface area contributed by atoms with Crippen LogP contribution >= 0.6 is 0 Å². The monoisotopic (exact) mass is 142 g/mol. The molecule has 0 aromatic carbocycles. The van der Waals surface area contributed by atoms with Crippen LogP contribution in [0.4, 0.5) is 0 Å². The van der Waals surface area contributed by atoms with Gasteiger partial charge in [-0.15, -0.1) is 0 Å². The van der Waals surface area contributed by atoms with Gasteiger partial charge in [0.1, 0.15) is 0 Å². The fourth-order valence-corrected chi connectivity index (χ4v) is 1.99. The Kier molecular flexibility index (Phi) is 2.72. The number of rotatable bonds is 1. The molecule has 1 aliphatic rings. The van der Waals surface area contributed by atoms with Crippen molar-refractivity contribution in [1.82, 2.24) is 0 Å². The summed E-state index contributed by atoms with van der Waals surface area (Å²) in [4.78, 5) is 0. The molecule has 1 rings (SSSR count). The second-order valence-corrected chi connectivity index (χ2v) is 3.67. The zero-order valence-corrected chi connectivity index (χ0v) is 7.26. The van der Waals surface area contributed by atoms with Gasteiger partial charge < -0.3 is 4.74 Å². The lowest BCUT2D eigenvalue weighted by molar-refractivity contribution is 0.0180. The van der Waals surface area contributed by atoms with Crippen molar-refractivity contribution >= 4 is 0 Å². The molecular weight excluding hydrogens is 124 g/mol. The van der Waals surface area contributed by atoms with E-state index in [0.29, 0.717) is 6.10 Å². The Labute approximate surface area is 63.8 Å². The van der Waals surface area contributed by atoms with Crippen molar-refractivity contribution in [2.24, 2.45) is 11.8 Å². The minimum absolute atomic E-state index is 0.538. The molecule has 60 valence electrons. The summed E-state index contributed by atoms with van der Waals surface area (Å²) in [5.41, 5.74) is 0. The maximum absolute atomic E-state index is 5.35. The van der Waals surface area contributed by atoms with E-state index in [1.165, 1.54) is 19.3 Å². The molecule has 0 heterocycles. The molecular formula is C9H18O. The molecule has 3 unspecified atom stereocenters. The third-order valence-corrected chi connectivity index (χ3v) is 2.66. The highest BCUT2D eigenvalue weighted by molar-refractivity contribution is 4.75. The standard InChI is InChI=1S/C9H18O/c1-7-4-5-9(10-3)8(2)6-7/h7-9H,4-6H2,1-3H3. The van der Waals surface area contributed by atoms with E-state index in [9.17, 15) is 0 Å². The molecule has 1 saturated carbocycles. The van der Waals surface area contributed by atoms with Gasteiger partial charge in [-0.3, -0.25) is 0 Å². The summed E-state index contributed by atoms with van der Waals surface area (Å²) in [6, 6.07) is 0. The molecule has 0 N–H and O–H groups in total. The van der Waals surface area contributed by atoms with E-state index in [2.05, 4.69) is 13.8 Å². The zero-order valence-electron chi connectivity index (χ0n) is 7.26. The Bertz CT molecular complexity index is 101. The molecule has 1 fully saturated rings. The summed E-state index contributed by atoms with van der Waals surface area (Å²) in [5.74, 6) is 1.69. The van der Waals surface area contributed by atoms with E-state index < -0.39 is 0 Å². The van der Waals surface area contributed by atoms with E-state index in [1.807, 2.05) is 7.11 Å². The van der Waals surface area contributed by atoms with E-state index in [4.69, 9.17) is 4.74 Å². The van der Waals surface area contributed by atoms with Gasteiger partial charge in [0, 0.05) is 7.11 Å². The van der Waals surface area contributed by atoms with Gasteiger partial charge in [0.05, 0.1) is 6.10 Å². The van der Waals surface area contributed by atoms with Gasteiger partial charge in [-0.1, -0.05) is 13.8 Å².